The smallest absolute Gasteiger partial charge is 0.323 e. The Morgan fingerprint density at radius 3 is 2.80 bits per heavy atom. The van der Waals surface area contributed by atoms with Crippen LogP contribution in [0.25, 0.3) is 0 Å². The van der Waals surface area contributed by atoms with Crippen LogP contribution >= 0.6 is 0 Å². The number of nitrogens with zero attached hydrogens (tertiary/aromatic N) is 1. The zero-order valence-corrected chi connectivity index (χ0v) is 6.46. The summed E-state index contributed by atoms with van der Waals surface area (Å²) in [6.07, 6.45) is 0.954. The van der Waals surface area contributed by atoms with Crippen LogP contribution in [0.15, 0.2) is 0 Å². The van der Waals surface area contributed by atoms with Crippen molar-refractivity contribution < 1.29 is 9.53 Å². The molecule has 1 aliphatic rings. The van der Waals surface area contributed by atoms with Crippen molar-refractivity contribution >= 4 is 5.97 Å². The maximum Gasteiger partial charge on any atom is 0.323 e. The Balaban J connectivity index is 2.27. The van der Waals surface area contributed by atoms with E-state index in [-0.39, 0.29) is 12.0 Å². The summed E-state index contributed by atoms with van der Waals surface area (Å²) in [4.78, 5) is 13.0. The highest BCUT2D eigenvalue weighted by Crippen LogP contribution is 2.15. The normalized spacial score (nSPS) is 25.6. The molecule has 3 nitrogen and oxygen atoms in total. The van der Waals surface area contributed by atoms with E-state index >= 15 is 0 Å². The monoisotopic (exact) mass is 143 g/mol. The third kappa shape index (κ3) is 1.29. The number of carbonyl (C=O) groups is 1. The van der Waals surface area contributed by atoms with Gasteiger partial charge in [0.25, 0.3) is 0 Å². The fourth-order valence-corrected chi connectivity index (χ4v) is 1.05. The third-order valence-corrected chi connectivity index (χ3v) is 1.85. The highest BCUT2D eigenvalue weighted by atomic mass is 16.5. The number of rotatable bonds is 2. The summed E-state index contributed by atoms with van der Waals surface area (Å²) in [7, 11) is 1.94. The Morgan fingerprint density at radius 1 is 1.80 bits per heavy atom. The quantitative estimate of drug-likeness (QED) is 0.519. The van der Waals surface area contributed by atoms with Crippen LogP contribution in [0, 0.1) is 0 Å². The van der Waals surface area contributed by atoms with Gasteiger partial charge in [-0.1, -0.05) is 0 Å². The minimum atomic E-state index is -0.0729. The highest BCUT2D eigenvalue weighted by Gasteiger charge is 2.31. The van der Waals surface area contributed by atoms with E-state index in [0.717, 1.165) is 13.0 Å². The van der Waals surface area contributed by atoms with Crippen molar-refractivity contribution in [2.24, 2.45) is 0 Å². The second-order valence-electron chi connectivity index (χ2n) is 2.54. The van der Waals surface area contributed by atoms with Crippen LogP contribution in [0.5, 0.6) is 0 Å². The molecule has 1 saturated heterocycles. The maximum atomic E-state index is 11.0. The molecule has 0 radical (unpaired) electrons. The summed E-state index contributed by atoms with van der Waals surface area (Å²) in [6.45, 7) is 3.34. The minimum absolute atomic E-state index is 0.0416. The summed E-state index contributed by atoms with van der Waals surface area (Å²) in [5.74, 6) is -0.0729. The molecule has 0 aromatic heterocycles. The van der Waals surface area contributed by atoms with Crippen LogP contribution < -0.4 is 0 Å². The number of hydrogen-bond acceptors (Lipinski definition) is 3. The zero-order valence-electron chi connectivity index (χ0n) is 6.46. The molecule has 1 fully saturated rings. The predicted molar refractivity (Wildman–Crippen MR) is 37.7 cm³/mol. The molecule has 1 rings (SSSR count). The number of likely N-dealkylation sites (N-methyl/N-ethyl adjacent to an activating group) is 1. The number of carbonyl (C=O) groups excluding carboxylic acids is 1. The van der Waals surface area contributed by atoms with Gasteiger partial charge in [-0.05, 0) is 20.4 Å². The van der Waals surface area contributed by atoms with E-state index in [0.29, 0.717) is 6.61 Å². The Bertz CT molecular complexity index is 136. The summed E-state index contributed by atoms with van der Waals surface area (Å²) < 4.78 is 4.84. The first-order chi connectivity index (χ1) is 4.75. The number of hydrogen-bond donors (Lipinski definition) is 0. The molecule has 0 N–H and O–H groups in total. The van der Waals surface area contributed by atoms with Crippen molar-refractivity contribution in [2.75, 3.05) is 20.2 Å². The fourth-order valence-electron chi connectivity index (χ4n) is 1.05. The molecule has 0 aromatic carbocycles. The SMILES string of the molecule is CCOC(=O)[C@H]1CCN1C. The van der Waals surface area contributed by atoms with Crippen LogP contribution in [0.1, 0.15) is 13.3 Å². The molecule has 0 saturated carbocycles. The van der Waals surface area contributed by atoms with E-state index in [4.69, 9.17) is 4.74 Å². The number of esters is 1. The molecular formula is C7H13NO2. The summed E-state index contributed by atoms with van der Waals surface area (Å²) in [5, 5.41) is 0. The van der Waals surface area contributed by atoms with Crippen molar-refractivity contribution in [1.82, 2.24) is 4.90 Å². The van der Waals surface area contributed by atoms with Gasteiger partial charge in [0.1, 0.15) is 6.04 Å². The molecule has 1 aliphatic heterocycles. The summed E-state index contributed by atoms with van der Waals surface area (Å²) in [6, 6.07) is 0.0416. The molecule has 0 aliphatic carbocycles. The molecule has 0 spiro atoms. The average molecular weight is 143 g/mol. The van der Waals surface area contributed by atoms with Gasteiger partial charge in [0.15, 0.2) is 0 Å². The molecular weight excluding hydrogens is 130 g/mol. The number of likely N-dealkylation sites (tertiary alicyclic amines) is 1. The maximum absolute atomic E-state index is 11.0. The second kappa shape index (κ2) is 3.01. The van der Waals surface area contributed by atoms with E-state index in [1.165, 1.54) is 0 Å². The molecule has 3 heteroatoms. The van der Waals surface area contributed by atoms with Crippen LogP contribution in [0.4, 0.5) is 0 Å². The van der Waals surface area contributed by atoms with Gasteiger partial charge in [0.2, 0.25) is 0 Å². The standard InChI is InChI=1S/C7H13NO2/c1-3-10-7(9)6-4-5-8(6)2/h6H,3-5H2,1-2H3/t6-/m1/s1. The van der Waals surface area contributed by atoms with Gasteiger partial charge < -0.3 is 4.74 Å². The van der Waals surface area contributed by atoms with E-state index in [1.807, 2.05) is 18.9 Å². The summed E-state index contributed by atoms with van der Waals surface area (Å²) >= 11 is 0. The van der Waals surface area contributed by atoms with Crippen molar-refractivity contribution in [1.29, 1.82) is 0 Å². The molecule has 0 unspecified atom stereocenters. The van der Waals surface area contributed by atoms with Gasteiger partial charge in [-0.2, -0.15) is 0 Å². The lowest BCUT2D eigenvalue weighted by atomic mass is 10.1. The van der Waals surface area contributed by atoms with Crippen molar-refractivity contribution in [3.05, 3.63) is 0 Å². The first-order valence-electron chi connectivity index (χ1n) is 3.62. The zero-order chi connectivity index (χ0) is 7.56. The van der Waals surface area contributed by atoms with Gasteiger partial charge in [-0.25, -0.2) is 0 Å². The van der Waals surface area contributed by atoms with Gasteiger partial charge >= 0.3 is 5.97 Å². The first kappa shape index (κ1) is 7.54. The van der Waals surface area contributed by atoms with Crippen molar-refractivity contribution in [3.63, 3.8) is 0 Å². The molecule has 0 aromatic rings. The molecule has 1 atom stereocenters. The van der Waals surface area contributed by atoms with Gasteiger partial charge in [-0.15, -0.1) is 0 Å². The highest BCUT2D eigenvalue weighted by molar-refractivity contribution is 5.76. The van der Waals surface area contributed by atoms with E-state index < -0.39 is 0 Å². The molecule has 1 heterocycles. The van der Waals surface area contributed by atoms with Crippen molar-refractivity contribution in [2.45, 2.75) is 19.4 Å². The van der Waals surface area contributed by atoms with Crippen LogP contribution in [-0.2, 0) is 9.53 Å². The summed E-state index contributed by atoms with van der Waals surface area (Å²) in [5.41, 5.74) is 0. The molecule has 0 bridgehead atoms. The largest absolute Gasteiger partial charge is 0.465 e. The van der Waals surface area contributed by atoms with Crippen LogP contribution in [0.3, 0.4) is 0 Å². The predicted octanol–water partition coefficient (Wildman–Crippen LogP) is 0.254. The fraction of sp³-hybridized carbons (Fsp3) is 0.857. The lowest BCUT2D eigenvalue weighted by Gasteiger charge is -2.35. The molecule has 10 heavy (non-hydrogen) atoms. The topological polar surface area (TPSA) is 29.5 Å². The van der Waals surface area contributed by atoms with Gasteiger partial charge in [0.05, 0.1) is 6.61 Å². The number of ether oxygens (including phenoxy) is 1. The lowest BCUT2D eigenvalue weighted by molar-refractivity contribution is -0.153. The second-order valence-corrected chi connectivity index (χ2v) is 2.54. The van der Waals surface area contributed by atoms with E-state index in [9.17, 15) is 4.79 Å². The molecule has 58 valence electrons. The third-order valence-electron chi connectivity index (χ3n) is 1.85. The van der Waals surface area contributed by atoms with Crippen molar-refractivity contribution in [3.8, 4) is 0 Å². The van der Waals surface area contributed by atoms with Crippen LogP contribution in [0.2, 0.25) is 0 Å². The Kier molecular flexibility index (Phi) is 2.27. The minimum Gasteiger partial charge on any atom is -0.465 e. The average Bonchev–Trinajstić information content (AvgIpc) is 1.85. The van der Waals surface area contributed by atoms with Crippen LogP contribution in [-0.4, -0.2) is 37.1 Å². The van der Waals surface area contributed by atoms with E-state index in [2.05, 4.69) is 0 Å². The van der Waals surface area contributed by atoms with Gasteiger partial charge in [0, 0.05) is 6.54 Å². The Hall–Kier alpha value is -0.570. The molecule has 0 amide bonds. The van der Waals surface area contributed by atoms with E-state index in [1.54, 1.807) is 0 Å². The van der Waals surface area contributed by atoms with Gasteiger partial charge in [-0.3, -0.25) is 9.69 Å². The Morgan fingerprint density at radius 2 is 2.50 bits per heavy atom. The first-order valence-corrected chi connectivity index (χ1v) is 3.62. The Labute approximate surface area is 61.0 Å². The lowest BCUT2D eigenvalue weighted by Crippen LogP contribution is -2.50.